The summed E-state index contributed by atoms with van der Waals surface area (Å²) in [6.45, 7) is 0. The molecule has 0 atom stereocenters. The van der Waals surface area contributed by atoms with Gasteiger partial charge < -0.3 is 25.2 Å². The van der Waals surface area contributed by atoms with Crippen molar-refractivity contribution in [3.05, 3.63) is 53.2 Å². The lowest BCUT2D eigenvalue weighted by Gasteiger charge is -2.12. The Balaban J connectivity index is 2.20. The lowest BCUT2D eigenvalue weighted by atomic mass is 10.2. The fourth-order valence-electron chi connectivity index (χ4n) is 2.01. The second kappa shape index (κ2) is 8.65. The summed E-state index contributed by atoms with van der Waals surface area (Å²) < 4.78 is 10.4. The standard InChI is InChI=1S/C18H16ClN3O4/c1-25-16-8-15(17(26-2)7-14(16)19)21-10-11(9-20)18(24)22-12-3-5-13(23)6-4-12/h3-8,10,21,23H,1-2H3,(H,22,24)/b11-10-. The number of halogens is 1. The summed E-state index contributed by atoms with van der Waals surface area (Å²) in [7, 11) is 2.94. The van der Waals surface area contributed by atoms with Crippen LogP contribution in [0.1, 0.15) is 0 Å². The van der Waals surface area contributed by atoms with Crippen molar-refractivity contribution in [3.63, 3.8) is 0 Å². The molecule has 0 aliphatic rings. The van der Waals surface area contributed by atoms with Crippen LogP contribution in [0.25, 0.3) is 0 Å². The van der Waals surface area contributed by atoms with Crippen molar-refractivity contribution in [2.45, 2.75) is 0 Å². The maximum absolute atomic E-state index is 12.2. The topological polar surface area (TPSA) is 104 Å². The molecule has 2 aromatic rings. The maximum Gasteiger partial charge on any atom is 0.267 e. The van der Waals surface area contributed by atoms with Crippen molar-refractivity contribution in [3.8, 4) is 23.3 Å². The Hall–Kier alpha value is -3.37. The van der Waals surface area contributed by atoms with Gasteiger partial charge in [0.1, 0.15) is 28.9 Å². The van der Waals surface area contributed by atoms with E-state index in [4.69, 9.17) is 21.1 Å². The van der Waals surface area contributed by atoms with Crippen LogP contribution in [0, 0.1) is 11.3 Å². The zero-order valence-electron chi connectivity index (χ0n) is 14.0. The van der Waals surface area contributed by atoms with E-state index in [0.29, 0.717) is 27.9 Å². The predicted molar refractivity (Wildman–Crippen MR) is 98.6 cm³/mol. The average Bonchev–Trinajstić information content (AvgIpc) is 2.64. The number of nitrogens with zero attached hydrogens (tertiary/aromatic N) is 1. The van der Waals surface area contributed by atoms with Crippen LogP contribution in [0.5, 0.6) is 17.2 Å². The molecule has 0 unspecified atom stereocenters. The Bertz CT molecular complexity index is 873. The van der Waals surface area contributed by atoms with E-state index in [-0.39, 0.29) is 11.3 Å². The number of methoxy groups -OCH3 is 2. The van der Waals surface area contributed by atoms with Gasteiger partial charge >= 0.3 is 0 Å². The number of amides is 1. The number of benzene rings is 2. The Labute approximate surface area is 155 Å². The van der Waals surface area contributed by atoms with Crippen LogP contribution in [0.3, 0.4) is 0 Å². The van der Waals surface area contributed by atoms with E-state index in [1.165, 1.54) is 44.7 Å². The number of phenols is 1. The molecule has 0 saturated heterocycles. The van der Waals surface area contributed by atoms with Gasteiger partial charge in [-0.25, -0.2) is 0 Å². The number of carbonyl (C=O) groups excluding carboxylic acids is 1. The maximum atomic E-state index is 12.2. The monoisotopic (exact) mass is 373 g/mol. The van der Waals surface area contributed by atoms with E-state index < -0.39 is 5.91 Å². The Morgan fingerprint density at radius 3 is 2.42 bits per heavy atom. The zero-order chi connectivity index (χ0) is 19.1. The van der Waals surface area contributed by atoms with Crippen LogP contribution < -0.4 is 20.1 Å². The number of hydrogen-bond donors (Lipinski definition) is 3. The fraction of sp³-hybridized carbons (Fsp3) is 0.111. The number of nitriles is 1. The SMILES string of the molecule is COc1cc(N/C=C(/C#N)C(=O)Nc2ccc(O)cc2)c(OC)cc1Cl. The van der Waals surface area contributed by atoms with Gasteiger partial charge in [-0.05, 0) is 24.3 Å². The number of phenolic OH excluding ortho intramolecular Hbond substituents is 1. The smallest absolute Gasteiger partial charge is 0.267 e. The van der Waals surface area contributed by atoms with Gasteiger partial charge in [0.05, 0.1) is 24.9 Å². The van der Waals surface area contributed by atoms with E-state index in [9.17, 15) is 15.2 Å². The van der Waals surface area contributed by atoms with Crippen molar-refractivity contribution >= 4 is 28.9 Å². The minimum atomic E-state index is -0.606. The first-order valence-corrected chi connectivity index (χ1v) is 7.75. The number of aromatic hydroxyl groups is 1. The third-order valence-electron chi connectivity index (χ3n) is 3.34. The van der Waals surface area contributed by atoms with E-state index in [2.05, 4.69) is 10.6 Å². The van der Waals surface area contributed by atoms with E-state index in [1.54, 1.807) is 12.1 Å². The lowest BCUT2D eigenvalue weighted by molar-refractivity contribution is -0.112. The highest BCUT2D eigenvalue weighted by atomic mass is 35.5. The molecule has 0 bridgehead atoms. The molecule has 0 aliphatic heterocycles. The highest BCUT2D eigenvalue weighted by Crippen LogP contribution is 2.35. The number of anilines is 2. The van der Waals surface area contributed by atoms with Crippen LogP contribution in [-0.4, -0.2) is 25.2 Å². The first-order valence-electron chi connectivity index (χ1n) is 7.37. The van der Waals surface area contributed by atoms with Crippen LogP contribution in [0.4, 0.5) is 11.4 Å². The van der Waals surface area contributed by atoms with Gasteiger partial charge in [0, 0.05) is 24.0 Å². The van der Waals surface area contributed by atoms with Gasteiger partial charge in [-0.3, -0.25) is 4.79 Å². The minimum absolute atomic E-state index is 0.0736. The highest BCUT2D eigenvalue weighted by molar-refractivity contribution is 6.32. The molecule has 3 N–H and O–H groups in total. The van der Waals surface area contributed by atoms with E-state index in [1.807, 2.05) is 6.07 Å². The summed E-state index contributed by atoms with van der Waals surface area (Å²) in [6, 6.07) is 10.8. The van der Waals surface area contributed by atoms with Gasteiger partial charge in [-0.1, -0.05) is 11.6 Å². The van der Waals surface area contributed by atoms with Crippen molar-refractivity contribution in [2.75, 3.05) is 24.9 Å². The first-order chi connectivity index (χ1) is 12.5. The molecule has 7 nitrogen and oxygen atoms in total. The van der Waals surface area contributed by atoms with Gasteiger partial charge in [0.25, 0.3) is 5.91 Å². The number of rotatable bonds is 6. The Morgan fingerprint density at radius 2 is 1.85 bits per heavy atom. The number of nitrogens with one attached hydrogen (secondary N) is 2. The molecule has 0 radical (unpaired) electrons. The number of ether oxygens (including phenoxy) is 2. The van der Waals surface area contributed by atoms with Crippen LogP contribution in [0.15, 0.2) is 48.2 Å². The van der Waals surface area contributed by atoms with Crippen LogP contribution in [0.2, 0.25) is 5.02 Å². The third kappa shape index (κ3) is 4.59. The van der Waals surface area contributed by atoms with Crippen LogP contribution >= 0.6 is 11.6 Å². The number of carbonyl (C=O) groups is 1. The van der Waals surface area contributed by atoms with Crippen molar-refractivity contribution in [2.24, 2.45) is 0 Å². The first kappa shape index (κ1) is 19.0. The minimum Gasteiger partial charge on any atom is -0.508 e. The molecule has 0 fully saturated rings. The average molecular weight is 374 g/mol. The highest BCUT2D eigenvalue weighted by Gasteiger charge is 2.12. The second-order valence-electron chi connectivity index (χ2n) is 5.00. The Kier molecular flexibility index (Phi) is 6.31. The zero-order valence-corrected chi connectivity index (χ0v) is 14.8. The predicted octanol–water partition coefficient (Wildman–Crippen LogP) is 3.52. The third-order valence-corrected chi connectivity index (χ3v) is 3.63. The summed E-state index contributed by atoms with van der Waals surface area (Å²) in [5, 5.41) is 24.2. The molecule has 0 saturated carbocycles. The van der Waals surface area contributed by atoms with E-state index in [0.717, 1.165) is 0 Å². The fourth-order valence-corrected chi connectivity index (χ4v) is 2.25. The summed E-state index contributed by atoms with van der Waals surface area (Å²) >= 11 is 6.04. The molecule has 0 heterocycles. The summed E-state index contributed by atoms with van der Waals surface area (Å²) in [5.41, 5.74) is 0.757. The van der Waals surface area contributed by atoms with Gasteiger partial charge in [0.15, 0.2) is 0 Å². The van der Waals surface area contributed by atoms with Crippen molar-refractivity contribution in [1.82, 2.24) is 0 Å². The van der Waals surface area contributed by atoms with Crippen molar-refractivity contribution in [1.29, 1.82) is 5.26 Å². The van der Waals surface area contributed by atoms with Crippen LogP contribution in [-0.2, 0) is 4.79 Å². The summed E-state index contributed by atoms with van der Waals surface area (Å²) in [6.07, 6.45) is 1.25. The molecule has 0 aromatic heterocycles. The van der Waals surface area contributed by atoms with Gasteiger partial charge in [0.2, 0.25) is 0 Å². The molecule has 1 amide bonds. The summed E-state index contributed by atoms with van der Waals surface area (Å²) in [4.78, 5) is 12.2. The molecular formula is C18H16ClN3O4. The Morgan fingerprint density at radius 1 is 1.19 bits per heavy atom. The summed E-state index contributed by atoms with van der Waals surface area (Å²) in [5.74, 6) is 0.300. The molecule has 26 heavy (non-hydrogen) atoms. The quantitative estimate of drug-likeness (QED) is 0.406. The molecule has 0 spiro atoms. The largest absolute Gasteiger partial charge is 0.508 e. The van der Waals surface area contributed by atoms with Gasteiger partial charge in [-0.15, -0.1) is 0 Å². The second-order valence-corrected chi connectivity index (χ2v) is 5.41. The molecule has 2 aromatic carbocycles. The molecular weight excluding hydrogens is 358 g/mol. The van der Waals surface area contributed by atoms with Crippen molar-refractivity contribution < 1.29 is 19.4 Å². The lowest BCUT2D eigenvalue weighted by Crippen LogP contribution is -2.14. The molecule has 8 heteroatoms. The molecule has 0 aliphatic carbocycles. The van der Waals surface area contributed by atoms with Gasteiger partial charge in [-0.2, -0.15) is 5.26 Å². The van der Waals surface area contributed by atoms with E-state index >= 15 is 0 Å². The number of hydrogen-bond acceptors (Lipinski definition) is 6. The molecule has 2 rings (SSSR count). The normalized spacial score (nSPS) is 10.6. The molecule has 134 valence electrons.